The Morgan fingerprint density at radius 1 is 1.12 bits per heavy atom. The molecule has 0 bridgehead atoms. The standard InChI is InChI=1S/C12H29N5.H2/c1-14-4-6-15(2)7-8-17-11-9-16(5-3-13)10-12-17;/h14H,3-13H2,1-2H3;1H. The van der Waals surface area contributed by atoms with Crippen LogP contribution in [0.3, 0.4) is 0 Å². The number of piperazine rings is 1. The molecular formula is C12H31N5. The van der Waals surface area contributed by atoms with Gasteiger partial charge in [0.2, 0.25) is 0 Å². The Morgan fingerprint density at radius 3 is 2.24 bits per heavy atom. The van der Waals surface area contributed by atoms with E-state index in [9.17, 15) is 0 Å². The predicted molar refractivity (Wildman–Crippen MR) is 75.5 cm³/mol. The molecule has 0 saturated carbocycles. The van der Waals surface area contributed by atoms with E-state index in [1.165, 1.54) is 39.3 Å². The van der Waals surface area contributed by atoms with Crippen molar-refractivity contribution in [2.45, 2.75) is 0 Å². The molecule has 0 aromatic rings. The summed E-state index contributed by atoms with van der Waals surface area (Å²) in [7, 11) is 4.20. The predicted octanol–water partition coefficient (Wildman–Crippen LogP) is -1.04. The molecule has 5 nitrogen and oxygen atoms in total. The second-order valence-corrected chi connectivity index (χ2v) is 4.88. The summed E-state index contributed by atoms with van der Waals surface area (Å²) in [5, 5.41) is 3.18. The van der Waals surface area contributed by atoms with Gasteiger partial charge >= 0.3 is 0 Å². The van der Waals surface area contributed by atoms with E-state index < -0.39 is 0 Å². The average molecular weight is 245 g/mol. The summed E-state index contributed by atoms with van der Waals surface area (Å²) >= 11 is 0. The van der Waals surface area contributed by atoms with Gasteiger partial charge in [0, 0.05) is 66.9 Å². The zero-order valence-electron chi connectivity index (χ0n) is 11.5. The molecule has 1 fully saturated rings. The fourth-order valence-corrected chi connectivity index (χ4v) is 2.15. The lowest BCUT2D eigenvalue weighted by molar-refractivity contribution is 0.125. The van der Waals surface area contributed by atoms with Gasteiger partial charge in [0.15, 0.2) is 0 Å². The zero-order chi connectivity index (χ0) is 12.5. The minimum absolute atomic E-state index is 0. The van der Waals surface area contributed by atoms with Crippen molar-refractivity contribution in [3.05, 3.63) is 0 Å². The molecular weight excluding hydrogens is 214 g/mol. The van der Waals surface area contributed by atoms with E-state index in [-0.39, 0.29) is 1.43 Å². The van der Waals surface area contributed by atoms with Crippen LogP contribution in [-0.2, 0) is 0 Å². The third-order valence-corrected chi connectivity index (χ3v) is 3.45. The van der Waals surface area contributed by atoms with Crippen LogP contribution in [0.1, 0.15) is 1.43 Å². The van der Waals surface area contributed by atoms with E-state index in [0.717, 1.165) is 26.2 Å². The lowest BCUT2D eigenvalue weighted by atomic mass is 10.3. The molecule has 1 saturated heterocycles. The number of likely N-dealkylation sites (N-methyl/N-ethyl adjacent to an activating group) is 2. The Labute approximate surface area is 107 Å². The summed E-state index contributed by atoms with van der Waals surface area (Å²) in [6.07, 6.45) is 0. The van der Waals surface area contributed by atoms with Crippen molar-refractivity contribution < 1.29 is 1.43 Å². The van der Waals surface area contributed by atoms with Crippen LogP contribution in [0.4, 0.5) is 0 Å². The summed E-state index contributed by atoms with van der Waals surface area (Å²) in [5.74, 6) is 0. The van der Waals surface area contributed by atoms with Crippen molar-refractivity contribution in [2.24, 2.45) is 5.73 Å². The second-order valence-electron chi connectivity index (χ2n) is 4.88. The molecule has 17 heavy (non-hydrogen) atoms. The maximum Gasteiger partial charge on any atom is 0.0110 e. The Kier molecular flexibility index (Phi) is 7.72. The van der Waals surface area contributed by atoms with Crippen molar-refractivity contribution in [1.82, 2.24) is 20.0 Å². The van der Waals surface area contributed by atoms with E-state index in [1.54, 1.807) is 0 Å². The molecule has 3 N–H and O–H groups in total. The van der Waals surface area contributed by atoms with E-state index in [2.05, 4.69) is 27.1 Å². The first kappa shape index (κ1) is 14.9. The summed E-state index contributed by atoms with van der Waals surface area (Å²) < 4.78 is 0. The van der Waals surface area contributed by atoms with Gasteiger partial charge in [-0.15, -0.1) is 0 Å². The number of nitrogens with zero attached hydrogens (tertiary/aromatic N) is 3. The third kappa shape index (κ3) is 6.33. The van der Waals surface area contributed by atoms with E-state index >= 15 is 0 Å². The van der Waals surface area contributed by atoms with Gasteiger partial charge < -0.3 is 16.0 Å². The van der Waals surface area contributed by atoms with Gasteiger partial charge in [0.25, 0.3) is 0 Å². The number of hydrogen-bond acceptors (Lipinski definition) is 5. The van der Waals surface area contributed by atoms with Crippen molar-refractivity contribution in [1.29, 1.82) is 0 Å². The molecule has 5 heteroatoms. The lowest BCUT2D eigenvalue weighted by Crippen LogP contribution is -2.49. The topological polar surface area (TPSA) is 47.8 Å². The SMILES string of the molecule is CNCCN(C)CCN1CCN(CCN)CC1.[HH]. The molecule has 0 spiro atoms. The molecule has 0 aliphatic carbocycles. The average Bonchev–Trinajstić information content (AvgIpc) is 2.36. The molecule has 0 atom stereocenters. The van der Waals surface area contributed by atoms with E-state index in [1.807, 2.05) is 7.05 Å². The lowest BCUT2D eigenvalue weighted by Gasteiger charge is -2.35. The molecule has 0 amide bonds. The van der Waals surface area contributed by atoms with Gasteiger partial charge in [0.05, 0.1) is 0 Å². The monoisotopic (exact) mass is 245 g/mol. The molecule has 0 aromatic carbocycles. The van der Waals surface area contributed by atoms with Crippen LogP contribution in [0.15, 0.2) is 0 Å². The highest BCUT2D eigenvalue weighted by Gasteiger charge is 2.15. The highest BCUT2D eigenvalue weighted by atomic mass is 15.3. The molecule has 0 radical (unpaired) electrons. The minimum Gasteiger partial charge on any atom is -0.329 e. The highest BCUT2D eigenvalue weighted by molar-refractivity contribution is 4.72. The Morgan fingerprint density at radius 2 is 1.71 bits per heavy atom. The first-order chi connectivity index (χ1) is 8.26. The quantitative estimate of drug-likeness (QED) is 0.572. The van der Waals surface area contributed by atoms with Gasteiger partial charge in [-0.25, -0.2) is 0 Å². The first-order valence-corrected chi connectivity index (χ1v) is 6.74. The number of nitrogens with two attached hydrogens (primary N) is 1. The summed E-state index contributed by atoms with van der Waals surface area (Å²) in [6.45, 7) is 11.1. The summed E-state index contributed by atoms with van der Waals surface area (Å²) in [4.78, 5) is 7.41. The van der Waals surface area contributed by atoms with Gasteiger partial charge in [-0.2, -0.15) is 0 Å². The molecule has 104 valence electrons. The van der Waals surface area contributed by atoms with Crippen LogP contribution in [-0.4, -0.2) is 94.2 Å². The molecule has 1 aliphatic rings. The fraction of sp³-hybridized carbons (Fsp3) is 1.00. The molecule has 1 aliphatic heterocycles. The molecule has 1 heterocycles. The number of nitrogens with one attached hydrogen (secondary N) is 1. The van der Waals surface area contributed by atoms with E-state index in [0.29, 0.717) is 0 Å². The van der Waals surface area contributed by atoms with Crippen molar-refractivity contribution in [3.63, 3.8) is 0 Å². The van der Waals surface area contributed by atoms with Crippen LogP contribution in [0.2, 0.25) is 0 Å². The second kappa shape index (κ2) is 8.83. The Bertz CT molecular complexity index is 185. The van der Waals surface area contributed by atoms with Crippen molar-refractivity contribution >= 4 is 0 Å². The normalized spacial score (nSPS) is 19.1. The first-order valence-electron chi connectivity index (χ1n) is 6.74. The highest BCUT2D eigenvalue weighted by Crippen LogP contribution is 2.00. The van der Waals surface area contributed by atoms with Crippen molar-refractivity contribution in [3.8, 4) is 0 Å². The Hall–Kier alpha value is -0.200. The molecule has 0 unspecified atom stereocenters. The fourth-order valence-electron chi connectivity index (χ4n) is 2.15. The zero-order valence-corrected chi connectivity index (χ0v) is 11.5. The maximum atomic E-state index is 5.57. The van der Waals surface area contributed by atoms with Gasteiger partial charge in [0.1, 0.15) is 0 Å². The third-order valence-electron chi connectivity index (χ3n) is 3.45. The van der Waals surface area contributed by atoms with Crippen LogP contribution < -0.4 is 11.1 Å². The van der Waals surface area contributed by atoms with Crippen molar-refractivity contribution in [2.75, 3.05) is 79.5 Å². The Balaban J connectivity index is 0.00000289. The van der Waals surface area contributed by atoms with Gasteiger partial charge in [-0.05, 0) is 14.1 Å². The summed E-state index contributed by atoms with van der Waals surface area (Å²) in [6, 6.07) is 0. The van der Waals surface area contributed by atoms with Gasteiger partial charge in [-0.1, -0.05) is 0 Å². The summed E-state index contributed by atoms with van der Waals surface area (Å²) in [5.41, 5.74) is 5.57. The van der Waals surface area contributed by atoms with Crippen LogP contribution >= 0.6 is 0 Å². The number of hydrogen-bond donors (Lipinski definition) is 2. The van der Waals surface area contributed by atoms with Crippen LogP contribution in [0.5, 0.6) is 0 Å². The smallest absolute Gasteiger partial charge is 0.0110 e. The van der Waals surface area contributed by atoms with E-state index in [4.69, 9.17) is 5.73 Å². The molecule has 1 rings (SSSR count). The number of rotatable bonds is 8. The maximum absolute atomic E-state index is 5.57. The minimum atomic E-state index is 0. The van der Waals surface area contributed by atoms with Crippen LogP contribution in [0.25, 0.3) is 0 Å². The molecule has 0 aromatic heterocycles. The van der Waals surface area contributed by atoms with Crippen LogP contribution in [0, 0.1) is 0 Å². The van der Waals surface area contributed by atoms with Gasteiger partial charge in [-0.3, -0.25) is 9.80 Å². The largest absolute Gasteiger partial charge is 0.329 e.